The molecule has 0 saturated heterocycles. The van der Waals surface area contributed by atoms with Crippen molar-refractivity contribution in [1.29, 1.82) is 0 Å². The van der Waals surface area contributed by atoms with Crippen LogP contribution in [0.15, 0.2) is 18.7 Å². The van der Waals surface area contributed by atoms with Crippen LogP contribution in [-0.2, 0) is 4.79 Å². The van der Waals surface area contributed by atoms with Gasteiger partial charge in [0.05, 0.1) is 6.42 Å². The van der Waals surface area contributed by atoms with Gasteiger partial charge in [-0.25, -0.2) is 8.78 Å². The molecule has 86 valence electrons. The molecule has 0 atom stereocenters. The number of hydrogen-bond acceptors (Lipinski definition) is 2. The molecule has 0 aromatic heterocycles. The van der Waals surface area contributed by atoms with Gasteiger partial charge in [-0.2, -0.15) is 8.78 Å². The van der Waals surface area contributed by atoms with Gasteiger partial charge >= 0.3 is 5.97 Å². The zero-order chi connectivity index (χ0) is 12.3. The Hall–Kier alpha value is -1.85. The van der Waals surface area contributed by atoms with Gasteiger partial charge in [0.1, 0.15) is 0 Å². The Balaban J connectivity index is 3.12. The number of esters is 1. The molecule has 0 amide bonds. The van der Waals surface area contributed by atoms with Crippen molar-refractivity contribution in [1.82, 2.24) is 0 Å². The molecule has 1 aromatic carbocycles. The quantitative estimate of drug-likeness (QED) is 0.264. The number of carbonyl (C=O) groups excluding carboxylic acids is 1. The Kier molecular flexibility index (Phi) is 3.65. The molecular formula is C10H6F4O2. The Morgan fingerprint density at radius 3 is 2.19 bits per heavy atom. The van der Waals surface area contributed by atoms with Gasteiger partial charge in [-0.15, -0.1) is 6.58 Å². The van der Waals surface area contributed by atoms with Crippen LogP contribution in [0.3, 0.4) is 0 Å². The molecule has 0 radical (unpaired) electrons. The van der Waals surface area contributed by atoms with Gasteiger partial charge in [0.2, 0.25) is 17.4 Å². The van der Waals surface area contributed by atoms with Crippen molar-refractivity contribution in [2.45, 2.75) is 6.42 Å². The lowest BCUT2D eigenvalue weighted by Gasteiger charge is -2.06. The Labute approximate surface area is 88.1 Å². The molecule has 0 heterocycles. The van der Waals surface area contributed by atoms with Gasteiger partial charge < -0.3 is 4.74 Å². The summed E-state index contributed by atoms with van der Waals surface area (Å²) in [4.78, 5) is 10.9. The molecule has 1 aromatic rings. The van der Waals surface area contributed by atoms with Crippen LogP contribution in [0.25, 0.3) is 0 Å². The number of hydrogen-bond donors (Lipinski definition) is 0. The number of rotatable bonds is 3. The fourth-order valence-electron chi connectivity index (χ4n) is 0.914. The number of ether oxygens (including phenoxy) is 1. The van der Waals surface area contributed by atoms with Crippen molar-refractivity contribution in [3.63, 3.8) is 0 Å². The molecule has 0 bridgehead atoms. The monoisotopic (exact) mass is 234 g/mol. The molecule has 0 saturated carbocycles. The summed E-state index contributed by atoms with van der Waals surface area (Å²) in [6, 6.07) is 0.0233. The smallest absolute Gasteiger partial charge is 0.315 e. The molecule has 0 aliphatic heterocycles. The van der Waals surface area contributed by atoms with Crippen molar-refractivity contribution in [2.24, 2.45) is 0 Å². The van der Waals surface area contributed by atoms with E-state index < -0.39 is 35.0 Å². The van der Waals surface area contributed by atoms with E-state index in [1.54, 1.807) is 0 Å². The van der Waals surface area contributed by atoms with E-state index >= 15 is 0 Å². The topological polar surface area (TPSA) is 26.3 Å². The highest BCUT2D eigenvalue weighted by Gasteiger charge is 2.22. The predicted molar refractivity (Wildman–Crippen MR) is 46.7 cm³/mol. The van der Waals surface area contributed by atoms with E-state index in [0.717, 1.165) is 6.08 Å². The van der Waals surface area contributed by atoms with Crippen molar-refractivity contribution >= 4 is 5.97 Å². The van der Waals surface area contributed by atoms with Crippen LogP contribution in [-0.4, -0.2) is 5.97 Å². The van der Waals surface area contributed by atoms with E-state index in [1.165, 1.54) is 0 Å². The number of halogens is 4. The molecule has 0 N–H and O–H groups in total. The molecule has 6 heteroatoms. The second kappa shape index (κ2) is 4.78. The van der Waals surface area contributed by atoms with E-state index in [2.05, 4.69) is 11.3 Å². The molecule has 2 nitrogen and oxygen atoms in total. The molecule has 1 rings (SSSR count). The average molecular weight is 234 g/mol. The van der Waals surface area contributed by atoms with Crippen LogP contribution in [0, 0.1) is 23.3 Å². The molecule has 0 unspecified atom stereocenters. The summed E-state index contributed by atoms with van der Waals surface area (Å²) in [6.45, 7) is 3.19. The number of benzene rings is 1. The van der Waals surface area contributed by atoms with Crippen molar-refractivity contribution < 1.29 is 27.1 Å². The average Bonchev–Trinajstić information content (AvgIpc) is 2.22. The van der Waals surface area contributed by atoms with Crippen LogP contribution >= 0.6 is 0 Å². The zero-order valence-electron chi connectivity index (χ0n) is 7.90. The van der Waals surface area contributed by atoms with Crippen LogP contribution in [0.4, 0.5) is 17.6 Å². The third kappa shape index (κ3) is 2.39. The Bertz CT molecular complexity index is 417. The van der Waals surface area contributed by atoms with Gasteiger partial charge in [0, 0.05) is 6.07 Å². The van der Waals surface area contributed by atoms with Crippen molar-refractivity contribution in [3.8, 4) is 5.75 Å². The second-order valence-electron chi connectivity index (χ2n) is 2.76. The molecular weight excluding hydrogens is 228 g/mol. The van der Waals surface area contributed by atoms with Crippen LogP contribution < -0.4 is 4.74 Å². The summed E-state index contributed by atoms with van der Waals surface area (Å²) in [7, 11) is 0. The highest BCUT2D eigenvalue weighted by atomic mass is 19.2. The van der Waals surface area contributed by atoms with Gasteiger partial charge in [-0.3, -0.25) is 4.79 Å². The Morgan fingerprint density at radius 2 is 1.75 bits per heavy atom. The maximum atomic E-state index is 13.0. The standard InChI is InChI=1S/C10H6F4O2/c1-2-3-7(15)16-10-8(13)5(11)4-6(12)9(10)14/h2,4H,1,3H2. The van der Waals surface area contributed by atoms with E-state index in [-0.39, 0.29) is 12.5 Å². The molecule has 0 aliphatic rings. The first kappa shape index (κ1) is 12.2. The fourth-order valence-corrected chi connectivity index (χ4v) is 0.914. The third-order valence-electron chi connectivity index (χ3n) is 1.60. The fraction of sp³-hybridized carbons (Fsp3) is 0.100. The lowest BCUT2D eigenvalue weighted by atomic mass is 10.3. The molecule has 0 spiro atoms. The summed E-state index contributed by atoms with van der Waals surface area (Å²) in [5.74, 6) is -9.24. The summed E-state index contributed by atoms with van der Waals surface area (Å²) in [5, 5.41) is 0. The van der Waals surface area contributed by atoms with Crippen molar-refractivity contribution in [3.05, 3.63) is 42.0 Å². The van der Waals surface area contributed by atoms with Crippen molar-refractivity contribution in [2.75, 3.05) is 0 Å². The first-order valence-electron chi connectivity index (χ1n) is 4.12. The SMILES string of the molecule is C=CCC(=O)Oc1c(F)c(F)cc(F)c1F. The normalized spacial score (nSPS) is 10.0. The highest BCUT2D eigenvalue weighted by molar-refractivity contribution is 5.73. The predicted octanol–water partition coefficient (Wildman–Crippen LogP) is 2.72. The van der Waals surface area contributed by atoms with Crippen LogP contribution in [0.2, 0.25) is 0 Å². The van der Waals surface area contributed by atoms with Gasteiger partial charge in [0.15, 0.2) is 11.6 Å². The van der Waals surface area contributed by atoms with Gasteiger partial charge in [-0.1, -0.05) is 6.08 Å². The lowest BCUT2D eigenvalue weighted by Crippen LogP contribution is -2.10. The Morgan fingerprint density at radius 1 is 1.25 bits per heavy atom. The van der Waals surface area contributed by atoms with E-state index in [9.17, 15) is 22.4 Å². The minimum absolute atomic E-state index is 0.0233. The summed E-state index contributed by atoms with van der Waals surface area (Å²) in [6.07, 6.45) is 0.783. The maximum absolute atomic E-state index is 13.0. The van der Waals surface area contributed by atoms with E-state index in [0.29, 0.717) is 0 Å². The summed E-state index contributed by atoms with van der Waals surface area (Å²) < 4.78 is 55.4. The van der Waals surface area contributed by atoms with E-state index in [4.69, 9.17) is 0 Å². The maximum Gasteiger partial charge on any atom is 0.315 e. The first-order valence-corrected chi connectivity index (χ1v) is 4.12. The van der Waals surface area contributed by atoms with Gasteiger partial charge in [0.25, 0.3) is 0 Å². The molecule has 0 fully saturated rings. The minimum Gasteiger partial charge on any atom is -0.420 e. The zero-order valence-corrected chi connectivity index (χ0v) is 7.90. The summed E-state index contributed by atoms with van der Waals surface area (Å²) >= 11 is 0. The van der Waals surface area contributed by atoms with Crippen LogP contribution in [0.1, 0.15) is 6.42 Å². The molecule has 16 heavy (non-hydrogen) atoms. The van der Waals surface area contributed by atoms with Gasteiger partial charge in [-0.05, 0) is 0 Å². The first-order chi connectivity index (χ1) is 7.47. The third-order valence-corrected chi connectivity index (χ3v) is 1.60. The summed E-state index contributed by atoms with van der Waals surface area (Å²) in [5.41, 5.74) is 0. The largest absolute Gasteiger partial charge is 0.420 e. The highest BCUT2D eigenvalue weighted by Crippen LogP contribution is 2.26. The number of carbonyl (C=O) groups is 1. The molecule has 0 aliphatic carbocycles. The lowest BCUT2D eigenvalue weighted by molar-refractivity contribution is -0.133. The second-order valence-corrected chi connectivity index (χ2v) is 2.76. The van der Waals surface area contributed by atoms with Crippen LogP contribution in [0.5, 0.6) is 5.75 Å². The van der Waals surface area contributed by atoms with E-state index in [1.807, 2.05) is 0 Å². The minimum atomic E-state index is -1.75.